The lowest BCUT2D eigenvalue weighted by atomic mass is 9.91. The van der Waals surface area contributed by atoms with Gasteiger partial charge in [0.1, 0.15) is 23.8 Å². The van der Waals surface area contributed by atoms with Gasteiger partial charge in [-0.05, 0) is 61.6 Å². The number of benzene rings is 2. The van der Waals surface area contributed by atoms with Gasteiger partial charge in [0.25, 0.3) is 11.8 Å². The number of rotatable bonds is 17. The molecule has 0 bridgehead atoms. The molecule has 2 aromatic carbocycles. The van der Waals surface area contributed by atoms with E-state index in [1.54, 1.807) is 4.90 Å². The number of hydrogen-bond acceptors (Lipinski definition) is 6. The van der Waals surface area contributed by atoms with Crippen LogP contribution in [0.5, 0.6) is 0 Å². The number of unbranched alkanes of at least 4 members (excludes halogenated alkanes) is 1. The van der Waals surface area contributed by atoms with Gasteiger partial charge >= 0.3 is 0 Å². The number of primary amides is 1. The van der Waals surface area contributed by atoms with Crippen LogP contribution in [0.1, 0.15) is 96.4 Å². The van der Waals surface area contributed by atoms with Crippen LogP contribution in [0.15, 0.2) is 36.4 Å². The van der Waals surface area contributed by atoms with Gasteiger partial charge in [-0.2, -0.15) is 0 Å². The third kappa shape index (κ3) is 10.7. The molecule has 0 radical (unpaired) electrons. The van der Waals surface area contributed by atoms with Gasteiger partial charge in [0.15, 0.2) is 0 Å². The number of amides is 4. The van der Waals surface area contributed by atoms with Gasteiger partial charge in [0.2, 0.25) is 11.8 Å². The van der Waals surface area contributed by atoms with Crippen molar-refractivity contribution >= 4 is 23.6 Å². The van der Waals surface area contributed by atoms with Crippen molar-refractivity contribution in [3.63, 3.8) is 0 Å². The second-order valence-electron chi connectivity index (χ2n) is 10.9. The zero-order chi connectivity index (χ0) is 33.0. The van der Waals surface area contributed by atoms with E-state index in [1.165, 1.54) is 25.1 Å². The molecule has 0 fully saturated rings. The summed E-state index contributed by atoms with van der Waals surface area (Å²) in [6.07, 6.45) is -0.520. The number of nitrogens with zero attached hydrogens (tertiary/aromatic N) is 1. The highest BCUT2D eigenvalue weighted by molar-refractivity contribution is 6.04. The number of nitrogens with one attached hydrogen (secondary N) is 2. The van der Waals surface area contributed by atoms with E-state index >= 15 is 0 Å². The Bertz CT molecular complexity index is 1280. The number of carbonyl (C=O) groups is 4. The Morgan fingerprint density at radius 3 is 1.86 bits per heavy atom. The van der Waals surface area contributed by atoms with Gasteiger partial charge in [-0.25, -0.2) is 8.78 Å². The van der Waals surface area contributed by atoms with E-state index in [9.17, 15) is 38.2 Å². The minimum absolute atomic E-state index is 0.0583. The number of nitrogens with two attached hydrogens (primary N) is 1. The lowest BCUT2D eigenvalue weighted by Gasteiger charge is -2.33. The monoisotopic (exact) mass is 618 g/mol. The molecule has 0 aliphatic rings. The van der Waals surface area contributed by atoms with Crippen molar-refractivity contribution in [2.24, 2.45) is 5.73 Å². The molecule has 44 heavy (non-hydrogen) atoms. The predicted octanol–water partition coefficient (Wildman–Crippen LogP) is 3.08. The molecule has 242 valence electrons. The Balaban J connectivity index is 2.52. The normalized spacial score (nSPS) is 13.8. The second kappa shape index (κ2) is 17.4. The minimum atomic E-state index is -1.70. The van der Waals surface area contributed by atoms with Crippen LogP contribution in [-0.2, 0) is 11.2 Å². The van der Waals surface area contributed by atoms with E-state index in [1.807, 2.05) is 20.8 Å². The van der Waals surface area contributed by atoms with Crippen LogP contribution in [-0.4, -0.2) is 76.1 Å². The highest BCUT2D eigenvalue weighted by Gasteiger charge is 2.34. The van der Waals surface area contributed by atoms with E-state index in [0.717, 1.165) is 18.6 Å². The van der Waals surface area contributed by atoms with Crippen molar-refractivity contribution in [3.05, 3.63) is 70.3 Å². The summed E-state index contributed by atoms with van der Waals surface area (Å²) in [5.41, 5.74) is 5.43. The average Bonchev–Trinajstić information content (AvgIpc) is 2.96. The molecule has 0 aliphatic heterocycles. The van der Waals surface area contributed by atoms with Crippen LogP contribution in [0.4, 0.5) is 8.78 Å². The topological polar surface area (TPSA) is 162 Å². The van der Waals surface area contributed by atoms with E-state index < -0.39 is 59.6 Å². The van der Waals surface area contributed by atoms with E-state index in [4.69, 9.17) is 5.73 Å². The van der Waals surface area contributed by atoms with Gasteiger partial charge in [0, 0.05) is 42.8 Å². The van der Waals surface area contributed by atoms with E-state index in [0.29, 0.717) is 44.8 Å². The SMILES string of the molecule is CCCC[C@@H](NC(C)=O)[C@@H](O)[C@H](O)[C@H](Cc1cc(F)cc(F)c1)NC(=O)c1cc(C(N)=O)cc(C(=O)N(CCC)CCC)c1. The molecule has 4 atom stereocenters. The van der Waals surface area contributed by atoms with E-state index in [2.05, 4.69) is 10.6 Å². The first-order valence-electron chi connectivity index (χ1n) is 14.9. The maximum Gasteiger partial charge on any atom is 0.253 e. The fourth-order valence-corrected chi connectivity index (χ4v) is 5.04. The molecule has 0 aliphatic carbocycles. The smallest absolute Gasteiger partial charge is 0.253 e. The molecule has 0 saturated carbocycles. The van der Waals surface area contributed by atoms with Crippen molar-refractivity contribution in [1.29, 1.82) is 0 Å². The Morgan fingerprint density at radius 2 is 1.34 bits per heavy atom. The quantitative estimate of drug-likeness (QED) is 0.183. The van der Waals surface area contributed by atoms with Crippen LogP contribution >= 0.6 is 0 Å². The summed E-state index contributed by atoms with van der Waals surface area (Å²) in [5.74, 6) is -4.30. The molecule has 0 saturated heterocycles. The molecule has 10 nitrogen and oxygen atoms in total. The van der Waals surface area contributed by atoms with Gasteiger partial charge in [-0.15, -0.1) is 0 Å². The zero-order valence-corrected chi connectivity index (χ0v) is 25.7. The third-order valence-corrected chi connectivity index (χ3v) is 7.13. The maximum atomic E-state index is 14.0. The molecule has 0 spiro atoms. The zero-order valence-electron chi connectivity index (χ0n) is 25.7. The van der Waals surface area contributed by atoms with Gasteiger partial charge in [-0.3, -0.25) is 19.2 Å². The molecule has 2 rings (SSSR count). The van der Waals surface area contributed by atoms with Crippen molar-refractivity contribution in [1.82, 2.24) is 15.5 Å². The van der Waals surface area contributed by atoms with Crippen molar-refractivity contribution in [2.75, 3.05) is 13.1 Å². The van der Waals surface area contributed by atoms with Crippen LogP contribution in [0.2, 0.25) is 0 Å². The third-order valence-electron chi connectivity index (χ3n) is 7.13. The molecular formula is C32H44F2N4O6. The minimum Gasteiger partial charge on any atom is -0.388 e. The summed E-state index contributed by atoms with van der Waals surface area (Å²) in [5, 5.41) is 27.6. The second-order valence-corrected chi connectivity index (χ2v) is 10.9. The molecule has 4 amide bonds. The fraction of sp³-hybridized carbons (Fsp3) is 0.500. The van der Waals surface area contributed by atoms with Gasteiger partial charge in [-0.1, -0.05) is 33.6 Å². The van der Waals surface area contributed by atoms with Crippen LogP contribution in [0.3, 0.4) is 0 Å². The maximum absolute atomic E-state index is 14.0. The Labute approximate surface area is 257 Å². The number of aliphatic hydroxyl groups excluding tert-OH is 2. The van der Waals surface area contributed by atoms with Crippen molar-refractivity contribution in [2.45, 2.75) is 90.5 Å². The molecule has 0 aromatic heterocycles. The highest BCUT2D eigenvalue weighted by atomic mass is 19.1. The Hall–Kier alpha value is -3.90. The predicted molar refractivity (Wildman–Crippen MR) is 162 cm³/mol. The number of aliphatic hydroxyl groups is 2. The van der Waals surface area contributed by atoms with Gasteiger partial charge in [0.05, 0.1) is 12.1 Å². The van der Waals surface area contributed by atoms with Crippen molar-refractivity contribution in [3.8, 4) is 0 Å². The number of halogens is 2. The van der Waals surface area contributed by atoms with Crippen LogP contribution in [0, 0.1) is 11.6 Å². The Kier molecular flexibility index (Phi) is 14.4. The molecular weight excluding hydrogens is 574 g/mol. The number of carbonyl (C=O) groups excluding carboxylic acids is 4. The van der Waals surface area contributed by atoms with Crippen LogP contribution < -0.4 is 16.4 Å². The molecule has 2 aromatic rings. The number of hydrogen-bond donors (Lipinski definition) is 5. The molecule has 0 heterocycles. The summed E-state index contributed by atoms with van der Waals surface area (Å²) in [7, 11) is 0. The first-order chi connectivity index (χ1) is 20.8. The lowest BCUT2D eigenvalue weighted by Crippen LogP contribution is -2.56. The first-order valence-corrected chi connectivity index (χ1v) is 14.9. The van der Waals surface area contributed by atoms with E-state index in [-0.39, 0.29) is 28.7 Å². The summed E-state index contributed by atoms with van der Waals surface area (Å²) in [6.45, 7) is 7.92. The fourth-order valence-electron chi connectivity index (χ4n) is 5.04. The summed E-state index contributed by atoms with van der Waals surface area (Å²) >= 11 is 0. The Morgan fingerprint density at radius 1 is 0.795 bits per heavy atom. The lowest BCUT2D eigenvalue weighted by molar-refractivity contribution is -0.121. The standard InChI is InChI=1S/C32H44F2N4O6/c1-5-8-9-26(36-19(4)39)28(40)29(41)27(14-20-12-24(33)18-25(34)13-20)37-31(43)22-15-21(30(35)42)16-23(17-22)32(44)38(10-6-2)11-7-3/h12-13,15-18,26-29,40-41H,5-11,14H2,1-4H3,(H2,35,42)(H,36,39)(H,37,43)/t26-,27+,28-,29-/m1/s1. The first kappa shape index (κ1) is 36.3. The largest absolute Gasteiger partial charge is 0.388 e. The molecule has 12 heteroatoms. The molecule has 6 N–H and O–H groups in total. The summed E-state index contributed by atoms with van der Waals surface area (Å²) < 4.78 is 28.1. The average molecular weight is 619 g/mol. The van der Waals surface area contributed by atoms with Crippen LogP contribution in [0.25, 0.3) is 0 Å². The molecule has 0 unspecified atom stereocenters. The summed E-state index contributed by atoms with van der Waals surface area (Å²) in [6, 6.07) is 4.34. The highest BCUT2D eigenvalue weighted by Crippen LogP contribution is 2.19. The van der Waals surface area contributed by atoms with Crippen molar-refractivity contribution < 1.29 is 38.2 Å². The van der Waals surface area contributed by atoms with Gasteiger partial charge < -0.3 is 31.5 Å². The summed E-state index contributed by atoms with van der Waals surface area (Å²) in [4.78, 5) is 52.5.